The minimum atomic E-state index is -1.08. The SMILES string of the molecule is Cc1ncc(C[C@H](NC(=O)CCN)C(=O)O)[nH]1. The molecule has 0 aliphatic heterocycles. The minimum Gasteiger partial charge on any atom is -0.480 e. The van der Waals surface area contributed by atoms with Crippen molar-refractivity contribution >= 4 is 11.9 Å². The number of hydrogen-bond donors (Lipinski definition) is 4. The van der Waals surface area contributed by atoms with Crippen molar-refractivity contribution in [2.45, 2.75) is 25.8 Å². The molecule has 1 atom stereocenters. The van der Waals surface area contributed by atoms with E-state index in [2.05, 4.69) is 15.3 Å². The highest BCUT2D eigenvalue weighted by atomic mass is 16.4. The molecule has 0 aliphatic carbocycles. The van der Waals surface area contributed by atoms with Gasteiger partial charge in [-0.05, 0) is 6.92 Å². The number of hydrogen-bond acceptors (Lipinski definition) is 4. The third-order valence-electron chi connectivity index (χ3n) is 2.18. The van der Waals surface area contributed by atoms with E-state index in [1.807, 2.05) is 0 Å². The van der Waals surface area contributed by atoms with Crippen LogP contribution in [-0.4, -0.2) is 39.5 Å². The lowest BCUT2D eigenvalue weighted by molar-refractivity contribution is -0.141. The molecular formula is C10H16N4O3. The Hall–Kier alpha value is -1.89. The van der Waals surface area contributed by atoms with Crippen LogP contribution in [0.3, 0.4) is 0 Å². The molecule has 1 rings (SSSR count). The zero-order valence-electron chi connectivity index (χ0n) is 9.56. The Morgan fingerprint density at radius 2 is 2.35 bits per heavy atom. The summed E-state index contributed by atoms with van der Waals surface area (Å²) < 4.78 is 0. The maximum absolute atomic E-state index is 11.3. The summed E-state index contributed by atoms with van der Waals surface area (Å²) in [7, 11) is 0. The molecule has 0 unspecified atom stereocenters. The Morgan fingerprint density at radius 1 is 1.65 bits per heavy atom. The second-order valence-electron chi connectivity index (χ2n) is 3.69. The highest BCUT2D eigenvalue weighted by Gasteiger charge is 2.20. The van der Waals surface area contributed by atoms with E-state index in [9.17, 15) is 9.59 Å². The van der Waals surface area contributed by atoms with Gasteiger partial charge in [-0.15, -0.1) is 0 Å². The molecule has 1 aromatic heterocycles. The maximum atomic E-state index is 11.3. The number of carbonyl (C=O) groups is 2. The number of rotatable bonds is 6. The van der Waals surface area contributed by atoms with Crippen LogP contribution in [0.1, 0.15) is 17.9 Å². The zero-order valence-corrected chi connectivity index (χ0v) is 9.56. The number of aryl methyl sites for hydroxylation is 1. The molecule has 1 amide bonds. The van der Waals surface area contributed by atoms with Gasteiger partial charge in [0.1, 0.15) is 11.9 Å². The van der Waals surface area contributed by atoms with Gasteiger partial charge in [0.25, 0.3) is 0 Å². The number of nitrogens with zero attached hydrogens (tertiary/aromatic N) is 1. The lowest BCUT2D eigenvalue weighted by Crippen LogP contribution is -2.42. The highest BCUT2D eigenvalue weighted by Crippen LogP contribution is 2.01. The van der Waals surface area contributed by atoms with E-state index in [1.54, 1.807) is 13.1 Å². The Labute approximate surface area is 98.4 Å². The van der Waals surface area contributed by atoms with Gasteiger partial charge in [0.2, 0.25) is 5.91 Å². The highest BCUT2D eigenvalue weighted by molar-refractivity contribution is 5.83. The van der Waals surface area contributed by atoms with E-state index in [4.69, 9.17) is 10.8 Å². The molecule has 0 bridgehead atoms. The molecule has 0 saturated heterocycles. The molecule has 7 nitrogen and oxygen atoms in total. The van der Waals surface area contributed by atoms with Crippen LogP contribution in [-0.2, 0) is 16.0 Å². The topological polar surface area (TPSA) is 121 Å². The number of carboxylic acids is 1. The van der Waals surface area contributed by atoms with E-state index in [0.29, 0.717) is 11.5 Å². The summed E-state index contributed by atoms with van der Waals surface area (Å²) in [6.45, 7) is 1.97. The van der Waals surface area contributed by atoms with Gasteiger partial charge in [0.15, 0.2) is 0 Å². The number of imidazole rings is 1. The van der Waals surface area contributed by atoms with Crippen molar-refractivity contribution in [1.29, 1.82) is 0 Å². The van der Waals surface area contributed by atoms with Crippen molar-refractivity contribution in [3.05, 3.63) is 17.7 Å². The first-order chi connectivity index (χ1) is 8.02. The average molecular weight is 240 g/mol. The van der Waals surface area contributed by atoms with Gasteiger partial charge in [-0.3, -0.25) is 4.79 Å². The minimum absolute atomic E-state index is 0.117. The fourth-order valence-electron chi connectivity index (χ4n) is 1.39. The van der Waals surface area contributed by atoms with Crippen LogP contribution < -0.4 is 11.1 Å². The molecule has 94 valence electrons. The number of carbonyl (C=O) groups excluding carboxylic acids is 1. The summed E-state index contributed by atoms with van der Waals surface area (Å²) in [6.07, 6.45) is 1.85. The van der Waals surface area contributed by atoms with Crippen molar-refractivity contribution in [3.63, 3.8) is 0 Å². The van der Waals surface area contributed by atoms with E-state index in [1.165, 1.54) is 0 Å². The van der Waals surface area contributed by atoms with Crippen molar-refractivity contribution in [3.8, 4) is 0 Å². The van der Waals surface area contributed by atoms with E-state index < -0.39 is 12.0 Å². The van der Waals surface area contributed by atoms with Crippen LogP contribution in [0.4, 0.5) is 0 Å². The van der Waals surface area contributed by atoms with Gasteiger partial charge in [0, 0.05) is 31.3 Å². The molecule has 17 heavy (non-hydrogen) atoms. The summed E-state index contributed by atoms with van der Waals surface area (Å²) in [4.78, 5) is 29.1. The molecule has 7 heteroatoms. The number of H-pyrrole nitrogens is 1. The standard InChI is InChI=1S/C10H16N4O3/c1-6-12-5-7(13-6)4-8(10(16)17)14-9(15)2-3-11/h5,8H,2-4,11H2,1H3,(H,12,13)(H,14,15)(H,16,17)/t8-/m0/s1. The van der Waals surface area contributed by atoms with Crippen molar-refractivity contribution < 1.29 is 14.7 Å². The molecule has 0 radical (unpaired) electrons. The predicted octanol–water partition coefficient (Wildman–Crippen LogP) is -0.821. The summed E-state index contributed by atoms with van der Waals surface area (Å²) in [5.74, 6) is -0.740. The first-order valence-corrected chi connectivity index (χ1v) is 5.25. The third-order valence-corrected chi connectivity index (χ3v) is 2.18. The summed E-state index contributed by atoms with van der Waals surface area (Å²) in [6, 6.07) is -0.964. The van der Waals surface area contributed by atoms with Gasteiger partial charge >= 0.3 is 5.97 Å². The van der Waals surface area contributed by atoms with Gasteiger partial charge in [0.05, 0.1) is 0 Å². The van der Waals surface area contributed by atoms with Crippen molar-refractivity contribution in [1.82, 2.24) is 15.3 Å². The molecule has 5 N–H and O–H groups in total. The normalized spacial score (nSPS) is 12.1. The van der Waals surface area contributed by atoms with Crippen LogP contribution in [0.15, 0.2) is 6.20 Å². The Bertz CT molecular complexity index is 402. The largest absolute Gasteiger partial charge is 0.480 e. The Kier molecular flexibility index (Phi) is 4.65. The van der Waals surface area contributed by atoms with Gasteiger partial charge in [-0.1, -0.05) is 0 Å². The fourth-order valence-corrected chi connectivity index (χ4v) is 1.39. The first kappa shape index (κ1) is 13.2. The smallest absolute Gasteiger partial charge is 0.326 e. The number of amides is 1. The van der Waals surface area contributed by atoms with Gasteiger partial charge in [-0.2, -0.15) is 0 Å². The summed E-state index contributed by atoms with van der Waals surface area (Å²) in [5.41, 5.74) is 5.88. The lowest BCUT2D eigenvalue weighted by atomic mass is 10.1. The number of aromatic amines is 1. The van der Waals surface area contributed by atoms with Crippen LogP contribution in [0.25, 0.3) is 0 Å². The van der Waals surface area contributed by atoms with Gasteiger partial charge in [-0.25, -0.2) is 9.78 Å². The summed E-state index contributed by atoms with van der Waals surface area (Å²) >= 11 is 0. The fraction of sp³-hybridized carbons (Fsp3) is 0.500. The van der Waals surface area contributed by atoms with Crippen LogP contribution >= 0.6 is 0 Å². The van der Waals surface area contributed by atoms with Crippen molar-refractivity contribution in [2.24, 2.45) is 5.73 Å². The second-order valence-corrected chi connectivity index (χ2v) is 3.69. The molecule has 1 heterocycles. The van der Waals surface area contributed by atoms with Crippen LogP contribution in [0, 0.1) is 6.92 Å². The van der Waals surface area contributed by atoms with Gasteiger partial charge < -0.3 is 21.1 Å². The molecule has 0 saturated carbocycles. The van der Waals surface area contributed by atoms with E-state index >= 15 is 0 Å². The number of aliphatic carboxylic acids is 1. The number of carboxylic acid groups (broad SMARTS) is 1. The zero-order chi connectivity index (χ0) is 12.8. The number of nitrogens with one attached hydrogen (secondary N) is 2. The van der Waals surface area contributed by atoms with Crippen molar-refractivity contribution in [2.75, 3.05) is 6.54 Å². The quantitative estimate of drug-likeness (QED) is 0.517. The molecule has 0 spiro atoms. The lowest BCUT2D eigenvalue weighted by Gasteiger charge is -2.13. The van der Waals surface area contributed by atoms with Crippen LogP contribution in [0.2, 0.25) is 0 Å². The van der Waals surface area contributed by atoms with E-state index in [-0.39, 0.29) is 25.3 Å². The molecule has 1 aromatic rings. The third kappa shape index (κ3) is 4.23. The molecule has 0 fully saturated rings. The van der Waals surface area contributed by atoms with E-state index in [0.717, 1.165) is 0 Å². The first-order valence-electron chi connectivity index (χ1n) is 5.25. The Morgan fingerprint density at radius 3 is 2.82 bits per heavy atom. The molecular weight excluding hydrogens is 224 g/mol. The Balaban J connectivity index is 2.60. The number of aromatic nitrogens is 2. The average Bonchev–Trinajstić information content (AvgIpc) is 2.63. The second kappa shape index (κ2) is 6.00. The maximum Gasteiger partial charge on any atom is 0.326 e. The predicted molar refractivity (Wildman–Crippen MR) is 60.3 cm³/mol. The molecule has 0 aliphatic rings. The monoisotopic (exact) mass is 240 g/mol. The summed E-state index contributed by atoms with van der Waals surface area (Å²) in [5, 5.41) is 11.4. The number of nitrogens with two attached hydrogens (primary N) is 1. The van der Waals surface area contributed by atoms with Crippen LogP contribution in [0.5, 0.6) is 0 Å². The molecule has 0 aromatic carbocycles.